The van der Waals surface area contributed by atoms with E-state index in [0.29, 0.717) is 14.8 Å². The molecule has 0 aliphatic rings. The fourth-order valence-electron chi connectivity index (χ4n) is 1.68. The van der Waals surface area contributed by atoms with E-state index in [2.05, 4.69) is 11.6 Å². The topological polar surface area (TPSA) is 96.1 Å². The summed E-state index contributed by atoms with van der Waals surface area (Å²) in [5.41, 5.74) is 0.315. The Balaban J connectivity index is 2.55. The molecule has 1 aromatic carbocycles. The summed E-state index contributed by atoms with van der Waals surface area (Å²) in [6.45, 7) is 3.63. The highest BCUT2D eigenvalue weighted by atomic mass is 32.2. The number of hydrogen-bond donors (Lipinski definition) is 2. The first-order valence-electron chi connectivity index (χ1n) is 5.77. The molecule has 0 aliphatic heterocycles. The van der Waals surface area contributed by atoms with Crippen molar-refractivity contribution in [1.82, 2.24) is 9.71 Å². The molecule has 1 amide bonds. The third-order valence-electron chi connectivity index (χ3n) is 2.48. The molecule has 0 spiro atoms. The normalized spacial score (nSPS) is 12.3. The molecule has 1 aromatic heterocycles. The number of aromatic amines is 1. The number of hydrogen-bond acceptors (Lipinski definition) is 5. The molecule has 0 fully saturated rings. The number of rotatable bonds is 3. The van der Waals surface area contributed by atoms with Crippen LogP contribution in [0.4, 0.5) is 0 Å². The van der Waals surface area contributed by atoms with Gasteiger partial charge in [-0.05, 0) is 17.7 Å². The molecule has 0 unspecified atom stereocenters. The second-order valence-corrected chi connectivity index (χ2v) is 7.16. The van der Waals surface area contributed by atoms with Gasteiger partial charge >= 0.3 is 0 Å². The van der Waals surface area contributed by atoms with Gasteiger partial charge in [0.05, 0.1) is 15.5 Å². The van der Waals surface area contributed by atoms with Crippen LogP contribution < -0.4 is 19.5 Å². The first-order valence-corrected chi connectivity index (χ1v) is 8.48. The molecule has 6 nitrogen and oxygen atoms in total. The van der Waals surface area contributed by atoms with Crippen LogP contribution in [-0.4, -0.2) is 25.6 Å². The molecule has 0 bridgehead atoms. The van der Waals surface area contributed by atoms with E-state index in [-0.39, 0.29) is 11.1 Å². The Morgan fingerprint density at radius 1 is 1.38 bits per heavy atom. The summed E-state index contributed by atoms with van der Waals surface area (Å²) in [5, 5.41) is 0. The van der Waals surface area contributed by atoms with Gasteiger partial charge in [0.15, 0.2) is 0 Å². The predicted molar refractivity (Wildman–Crippen MR) is 82.0 cm³/mol. The van der Waals surface area contributed by atoms with Crippen LogP contribution in [0.5, 0.6) is 0 Å². The van der Waals surface area contributed by atoms with Crippen molar-refractivity contribution in [3.63, 3.8) is 0 Å². The quantitative estimate of drug-likeness (QED) is 0.785. The maximum Gasteiger partial charge on any atom is 0.266 e. The number of aromatic nitrogens is 1. The van der Waals surface area contributed by atoms with Crippen LogP contribution in [0.1, 0.15) is 15.9 Å². The van der Waals surface area contributed by atoms with Crippen LogP contribution in [-0.2, 0) is 10.0 Å². The zero-order valence-electron chi connectivity index (χ0n) is 11.0. The van der Waals surface area contributed by atoms with E-state index in [1.54, 1.807) is 18.2 Å². The van der Waals surface area contributed by atoms with E-state index in [0.717, 1.165) is 17.6 Å². The number of H-pyrrole nitrogens is 1. The van der Waals surface area contributed by atoms with Crippen LogP contribution >= 0.6 is 11.3 Å². The zero-order chi connectivity index (χ0) is 15.6. The first-order chi connectivity index (χ1) is 9.76. The summed E-state index contributed by atoms with van der Waals surface area (Å²) < 4.78 is 25.1. The van der Waals surface area contributed by atoms with Gasteiger partial charge in [0.2, 0.25) is 10.0 Å². The average molecular weight is 324 g/mol. The first kappa shape index (κ1) is 15.2. The molecule has 0 aliphatic carbocycles. The van der Waals surface area contributed by atoms with Gasteiger partial charge in [0, 0.05) is 5.56 Å². The molecule has 110 valence electrons. The minimum atomic E-state index is -3.65. The van der Waals surface area contributed by atoms with Crippen molar-refractivity contribution in [3.8, 4) is 0 Å². The van der Waals surface area contributed by atoms with E-state index in [1.807, 2.05) is 4.72 Å². The predicted octanol–water partition coefficient (Wildman–Crippen LogP) is -0.635. The lowest BCUT2D eigenvalue weighted by Gasteiger charge is -2.05. The van der Waals surface area contributed by atoms with Gasteiger partial charge in [-0.15, -0.1) is 11.3 Å². The van der Waals surface area contributed by atoms with Crippen LogP contribution in [0, 0.1) is 0 Å². The summed E-state index contributed by atoms with van der Waals surface area (Å²) >= 11 is 1.16. The van der Waals surface area contributed by atoms with Gasteiger partial charge in [-0.1, -0.05) is 24.8 Å². The van der Waals surface area contributed by atoms with Crippen molar-refractivity contribution in [2.24, 2.45) is 0 Å². The molecule has 1 heterocycles. The highest BCUT2D eigenvalue weighted by Gasteiger charge is 2.13. The summed E-state index contributed by atoms with van der Waals surface area (Å²) in [6.07, 6.45) is 2.42. The van der Waals surface area contributed by atoms with Crippen LogP contribution in [0.2, 0.25) is 0 Å². The minimum absolute atomic E-state index is 0.168. The van der Waals surface area contributed by atoms with Gasteiger partial charge in [-0.3, -0.25) is 9.59 Å². The highest BCUT2D eigenvalue weighted by molar-refractivity contribution is 7.89. The molecule has 2 aromatic rings. The monoisotopic (exact) mass is 324 g/mol. The number of carbonyl (C=O) groups excluding carboxylic acids is 1. The Morgan fingerprint density at radius 2 is 2.05 bits per heavy atom. The fraction of sp³-hybridized carbons (Fsp3) is 0.0769. The number of carbonyl (C=O) groups is 1. The number of sulfonamides is 1. The molecular weight excluding hydrogens is 312 g/mol. The molecule has 2 N–H and O–H groups in total. The number of thiazole rings is 1. The smallest absolute Gasteiger partial charge is 0.266 e. The Hall–Kier alpha value is -2.19. The van der Waals surface area contributed by atoms with Crippen molar-refractivity contribution in [3.05, 3.63) is 54.9 Å². The Morgan fingerprint density at radius 3 is 2.62 bits per heavy atom. The Labute approximate surface area is 124 Å². The summed E-state index contributed by atoms with van der Waals surface area (Å²) in [7, 11) is -3.65. The van der Waals surface area contributed by atoms with Crippen molar-refractivity contribution >= 4 is 39.9 Å². The van der Waals surface area contributed by atoms with Crippen molar-refractivity contribution < 1.29 is 13.2 Å². The number of amides is 1. The van der Waals surface area contributed by atoms with Gasteiger partial charge in [0.1, 0.15) is 0 Å². The lowest BCUT2D eigenvalue weighted by Crippen LogP contribution is -2.30. The standard InChI is InChI=1S/C13H12N2O4S2/c1-8-14-13(17)11(20-8)7-9-5-3-4-6-10(9)12(16)15-21(2,18)19/h3-7H,1H2,2H3,(H,14,17)(H,15,16)/b11-7-. The number of benzene rings is 1. The SMILES string of the molecule is C=c1[nH]c(=O)/c(=C/c2ccccc2C(=O)NS(C)(=O)=O)s1. The van der Waals surface area contributed by atoms with Crippen molar-refractivity contribution in [2.75, 3.05) is 6.26 Å². The van der Waals surface area contributed by atoms with Gasteiger partial charge in [-0.2, -0.15) is 0 Å². The van der Waals surface area contributed by atoms with Gasteiger partial charge in [0.25, 0.3) is 11.5 Å². The van der Waals surface area contributed by atoms with Crippen LogP contribution in [0.3, 0.4) is 0 Å². The van der Waals surface area contributed by atoms with E-state index in [1.165, 1.54) is 12.1 Å². The third kappa shape index (κ3) is 3.89. The van der Waals surface area contributed by atoms with Crippen LogP contribution in [0.15, 0.2) is 29.1 Å². The molecule has 0 saturated carbocycles. The lowest BCUT2D eigenvalue weighted by atomic mass is 10.1. The van der Waals surface area contributed by atoms with Crippen molar-refractivity contribution in [2.45, 2.75) is 0 Å². The molecule has 2 rings (SSSR count). The third-order valence-corrected chi connectivity index (χ3v) is 3.91. The highest BCUT2D eigenvalue weighted by Crippen LogP contribution is 2.09. The molecule has 0 radical (unpaired) electrons. The van der Waals surface area contributed by atoms with E-state index in [4.69, 9.17) is 0 Å². The van der Waals surface area contributed by atoms with E-state index < -0.39 is 15.9 Å². The van der Waals surface area contributed by atoms with Crippen LogP contribution in [0.25, 0.3) is 12.7 Å². The second-order valence-electron chi connectivity index (χ2n) is 4.28. The van der Waals surface area contributed by atoms with Gasteiger partial charge < -0.3 is 4.98 Å². The van der Waals surface area contributed by atoms with Crippen molar-refractivity contribution in [1.29, 1.82) is 0 Å². The second kappa shape index (κ2) is 5.66. The molecular formula is C13H12N2O4S2. The molecule has 0 atom stereocenters. The number of nitrogens with one attached hydrogen (secondary N) is 2. The molecule has 8 heteroatoms. The molecule has 21 heavy (non-hydrogen) atoms. The maximum atomic E-state index is 12.0. The largest absolute Gasteiger partial charge is 0.313 e. The minimum Gasteiger partial charge on any atom is -0.313 e. The van der Waals surface area contributed by atoms with Gasteiger partial charge in [-0.25, -0.2) is 13.1 Å². The van der Waals surface area contributed by atoms with E-state index >= 15 is 0 Å². The summed E-state index contributed by atoms with van der Waals surface area (Å²) in [5.74, 6) is -0.743. The maximum absolute atomic E-state index is 12.0. The molecule has 0 saturated heterocycles. The average Bonchev–Trinajstić information content (AvgIpc) is 2.66. The zero-order valence-corrected chi connectivity index (χ0v) is 12.7. The lowest BCUT2D eigenvalue weighted by molar-refractivity contribution is 0.0981. The summed E-state index contributed by atoms with van der Waals surface area (Å²) in [4.78, 5) is 26.1. The Bertz CT molecular complexity index is 955. The van der Waals surface area contributed by atoms with E-state index in [9.17, 15) is 18.0 Å². The Kier molecular flexibility index (Phi) is 4.10. The summed E-state index contributed by atoms with van der Waals surface area (Å²) in [6, 6.07) is 6.41. The fourth-order valence-corrected chi connectivity index (χ4v) is 2.87.